The van der Waals surface area contributed by atoms with Crippen LogP contribution in [0, 0.1) is 0 Å². The molecule has 27 heavy (non-hydrogen) atoms. The SMILES string of the molecule is CC(=O)c1ccc(C(=O)Nc2cccc(C(=O)Nc3ccncc3)c2)cc1. The van der Waals surface area contributed by atoms with E-state index in [1.165, 1.54) is 6.92 Å². The summed E-state index contributed by atoms with van der Waals surface area (Å²) in [6.45, 7) is 1.47. The van der Waals surface area contributed by atoms with Crippen molar-refractivity contribution >= 4 is 29.0 Å². The zero-order valence-electron chi connectivity index (χ0n) is 14.6. The first-order valence-electron chi connectivity index (χ1n) is 8.27. The molecule has 0 unspecified atom stereocenters. The molecule has 0 aliphatic rings. The summed E-state index contributed by atoms with van der Waals surface area (Å²) in [5.41, 5.74) is 2.51. The van der Waals surface area contributed by atoms with E-state index < -0.39 is 0 Å². The fourth-order valence-electron chi connectivity index (χ4n) is 2.44. The van der Waals surface area contributed by atoms with E-state index in [0.29, 0.717) is 28.1 Å². The molecule has 2 aromatic carbocycles. The standard InChI is InChI=1S/C21H17N3O3/c1-14(25)15-5-7-16(8-6-15)20(26)24-19-4-2-3-17(13-19)21(27)23-18-9-11-22-12-10-18/h2-13H,1H3,(H,24,26)(H,22,23,27). The van der Waals surface area contributed by atoms with E-state index in [-0.39, 0.29) is 17.6 Å². The third-order valence-corrected chi connectivity index (χ3v) is 3.87. The van der Waals surface area contributed by atoms with Gasteiger partial charge in [-0.3, -0.25) is 19.4 Å². The van der Waals surface area contributed by atoms with Crippen LogP contribution in [0.15, 0.2) is 73.1 Å². The number of ketones is 1. The summed E-state index contributed by atoms with van der Waals surface area (Å²) >= 11 is 0. The molecular formula is C21H17N3O3. The van der Waals surface area contributed by atoms with Crippen molar-refractivity contribution in [3.8, 4) is 0 Å². The number of carbonyl (C=O) groups is 3. The molecule has 1 heterocycles. The summed E-state index contributed by atoms with van der Waals surface area (Å²) in [5, 5.41) is 5.52. The summed E-state index contributed by atoms with van der Waals surface area (Å²) in [5.74, 6) is -0.672. The average molecular weight is 359 g/mol. The molecule has 0 spiro atoms. The lowest BCUT2D eigenvalue weighted by Gasteiger charge is -2.09. The second kappa shape index (κ2) is 8.05. The summed E-state index contributed by atoms with van der Waals surface area (Å²) in [7, 11) is 0. The van der Waals surface area contributed by atoms with Crippen molar-refractivity contribution in [1.29, 1.82) is 0 Å². The average Bonchev–Trinajstić information content (AvgIpc) is 2.69. The first-order valence-corrected chi connectivity index (χ1v) is 8.27. The Morgan fingerprint density at radius 3 is 1.96 bits per heavy atom. The molecule has 134 valence electrons. The maximum absolute atomic E-state index is 12.4. The number of carbonyl (C=O) groups excluding carboxylic acids is 3. The van der Waals surface area contributed by atoms with Crippen LogP contribution in [0.25, 0.3) is 0 Å². The van der Waals surface area contributed by atoms with E-state index in [0.717, 1.165) is 0 Å². The number of anilines is 2. The van der Waals surface area contributed by atoms with Gasteiger partial charge < -0.3 is 10.6 Å². The molecule has 0 saturated carbocycles. The number of hydrogen-bond donors (Lipinski definition) is 2. The molecule has 3 aromatic rings. The van der Waals surface area contributed by atoms with E-state index in [9.17, 15) is 14.4 Å². The quantitative estimate of drug-likeness (QED) is 0.679. The van der Waals surface area contributed by atoms with Crippen molar-refractivity contribution in [3.05, 3.63) is 89.7 Å². The predicted molar refractivity (Wildman–Crippen MR) is 103 cm³/mol. The van der Waals surface area contributed by atoms with Crippen molar-refractivity contribution in [2.45, 2.75) is 6.92 Å². The Labute approximate surface area is 156 Å². The Kier molecular flexibility index (Phi) is 5.37. The predicted octanol–water partition coefficient (Wildman–Crippen LogP) is 3.79. The van der Waals surface area contributed by atoms with Gasteiger partial charge in [0.05, 0.1) is 0 Å². The van der Waals surface area contributed by atoms with Gasteiger partial charge in [-0.05, 0) is 49.4 Å². The minimum absolute atomic E-state index is 0.0603. The molecule has 3 rings (SSSR count). The normalized spacial score (nSPS) is 10.1. The van der Waals surface area contributed by atoms with E-state index in [1.807, 2.05) is 0 Å². The Hall–Kier alpha value is -3.80. The molecule has 0 radical (unpaired) electrons. The van der Waals surface area contributed by atoms with Crippen LogP contribution in [0.4, 0.5) is 11.4 Å². The summed E-state index contributed by atoms with van der Waals surface area (Å²) < 4.78 is 0. The number of nitrogens with one attached hydrogen (secondary N) is 2. The van der Waals surface area contributed by atoms with Gasteiger partial charge in [-0.2, -0.15) is 0 Å². The minimum atomic E-state index is -0.322. The summed E-state index contributed by atoms with van der Waals surface area (Å²) in [4.78, 5) is 39.9. The second-order valence-electron chi connectivity index (χ2n) is 5.86. The Morgan fingerprint density at radius 1 is 0.704 bits per heavy atom. The van der Waals surface area contributed by atoms with Crippen LogP contribution in [-0.2, 0) is 0 Å². The zero-order valence-corrected chi connectivity index (χ0v) is 14.6. The van der Waals surface area contributed by atoms with E-state index in [2.05, 4.69) is 15.6 Å². The number of hydrogen-bond acceptors (Lipinski definition) is 4. The lowest BCUT2D eigenvalue weighted by molar-refractivity contribution is 0.100. The van der Waals surface area contributed by atoms with E-state index in [4.69, 9.17) is 0 Å². The zero-order chi connectivity index (χ0) is 19.2. The molecule has 0 aliphatic heterocycles. The van der Waals surface area contributed by atoms with Gasteiger partial charge in [-0.1, -0.05) is 18.2 Å². The highest BCUT2D eigenvalue weighted by Crippen LogP contribution is 2.15. The van der Waals surface area contributed by atoms with Gasteiger partial charge in [0.1, 0.15) is 0 Å². The number of nitrogens with zero attached hydrogens (tertiary/aromatic N) is 1. The number of amides is 2. The van der Waals surface area contributed by atoms with Crippen molar-refractivity contribution in [2.75, 3.05) is 10.6 Å². The summed E-state index contributed by atoms with van der Waals surface area (Å²) in [6.07, 6.45) is 3.17. The number of Topliss-reactive ketones (excluding diaryl/α,β-unsaturated/α-hetero) is 1. The van der Waals surface area contributed by atoms with Crippen molar-refractivity contribution in [1.82, 2.24) is 4.98 Å². The fraction of sp³-hybridized carbons (Fsp3) is 0.0476. The monoisotopic (exact) mass is 359 g/mol. The van der Waals surface area contributed by atoms with Crippen molar-refractivity contribution in [3.63, 3.8) is 0 Å². The maximum atomic E-state index is 12.4. The number of pyridine rings is 1. The molecule has 0 aliphatic carbocycles. The Balaban J connectivity index is 1.70. The third kappa shape index (κ3) is 4.64. The number of rotatable bonds is 5. The molecule has 6 heteroatoms. The van der Waals surface area contributed by atoms with E-state index >= 15 is 0 Å². The highest BCUT2D eigenvalue weighted by atomic mass is 16.2. The largest absolute Gasteiger partial charge is 0.322 e. The molecule has 6 nitrogen and oxygen atoms in total. The molecule has 2 N–H and O–H groups in total. The van der Waals surface area contributed by atoms with Crippen molar-refractivity contribution < 1.29 is 14.4 Å². The van der Waals surface area contributed by atoms with Gasteiger partial charge in [0.25, 0.3) is 11.8 Å². The van der Waals surface area contributed by atoms with Gasteiger partial charge in [-0.15, -0.1) is 0 Å². The third-order valence-electron chi connectivity index (χ3n) is 3.87. The molecule has 2 amide bonds. The summed E-state index contributed by atoms with van der Waals surface area (Å²) in [6, 6.07) is 16.4. The lowest BCUT2D eigenvalue weighted by atomic mass is 10.1. The number of benzene rings is 2. The Morgan fingerprint density at radius 2 is 1.30 bits per heavy atom. The smallest absolute Gasteiger partial charge is 0.255 e. The van der Waals surface area contributed by atoms with Crippen LogP contribution in [0.1, 0.15) is 38.0 Å². The van der Waals surface area contributed by atoms with Crippen LogP contribution < -0.4 is 10.6 Å². The first kappa shape index (κ1) is 18.0. The molecule has 0 bridgehead atoms. The minimum Gasteiger partial charge on any atom is -0.322 e. The van der Waals surface area contributed by atoms with E-state index in [1.54, 1.807) is 73.1 Å². The van der Waals surface area contributed by atoms with Crippen molar-refractivity contribution in [2.24, 2.45) is 0 Å². The Bertz CT molecular complexity index is 983. The van der Waals surface area contributed by atoms with Gasteiger partial charge >= 0.3 is 0 Å². The fourth-order valence-corrected chi connectivity index (χ4v) is 2.44. The number of aromatic nitrogens is 1. The van der Waals surface area contributed by atoms with Crippen LogP contribution in [0.5, 0.6) is 0 Å². The molecule has 1 aromatic heterocycles. The lowest BCUT2D eigenvalue weighted by Crippen LogP contribution is -2.14. The van der Waals surface area contributed by atoms with Crippen LogP contribution in [0.3, 0.4) is 0 Å². The molecular weight excluding hydrogens is 342 g/mol. The highest BCUT2D eigenvalue weighted by molar-refractivity contribution is 6.07. The highest BCUT2D eigenvalue weighted by Gasteiger charge is 2.10. The van der Waals surface area contributed by atoms with Crippen LogP contribution in [-0.4, -0.2) is 22.6 Å². The van der Waals surface area contributed by atoms with Gasteiger partial charge in [0, 0.05) is 40.5 Å². The molecule has 0 fully saturated rings. The molecule has 0 atom stereocenters. The molecule has 0 saturated heterocycles. The van der Waals surface area contributed by atoms with Crippen LogP contribution in [0.2, 0.25) is 0 Å². The van der Waals surface area contributed by atoms with Gasteiger partial charge in [-0.25, -0.2) is 0 Å². The van der Waals surface area contributed by atoms with Gasteiger partial charge in [0.15, 0.2) is 5.78 Å². The second-order valence-corrected chi connectivity index (χ2v) is 5.86. The topological polar surface area (TPSA) is 88.2 Å². The first-order chi connectivity index (χ1) is 13.0. The van der Waals surface area contributed by atoms with Gasteiger partial charge in [0.2, 0.25) is 0 Å². The maximum Gasteiger partial charge on any atom is 0.255 e. The van der Waals surface area contributed by atoms with Crippen LogP contribution >= 0.6 is 0 Å².